The van der Waals surface area contributed by atoms with Crippen molar-refractivity contribution in [1.29, 1.82) is 0 Å². The van der Waals surface area contributed by atoms with Gasteiger partial charge in [0.25, 0.3) is 5.91 Å². The Kier molecular flexibility index (Phi) is 3.20. The number of carbonyl (C=O) groups excluding carboxylic acids is 1. The van der Waals surface area contributed by atoms with Crippen molar-refractivity contribution in [2.75, 3.05) is 0 Å². The van der Waals surface area contributed by atoms with E-state index in [0.29, 0.717) is 5.56 Å². The molecule has 0 aliphatic heterocycles. The molecule has 18 heavy (non-hydrogen) atoms. The molecule has 0 fully saturated rings. The summed E-state index contributed by atoms with van der Waals surface area (Å²) >= 11 is 0. The van der Waals surface area contributed by atoms with Crippen LogP contribution in [0.5, 0.6) is 5.75 Å². The van der Waals surface area contributed by atoms with Crippen molar-refractivity contribution in [2.45, 2.75) is 0 Å². The fourth-order valence-corrected chi connectivity index (χ4v) is 1.53. The molecule has 0 bridgehead atoms. The Morgan fingerprint density at radius 1 is 1.33 bits per heavy atom. The number of benzene rings is 1. The Hall–Kier alpha value is -2.47. The highest BCUT2D eigenvalue weighted by Gasteiger charge is 2.10. The number of nitrogens with two attached hydrogens (primary N) is 1. The van der Waals surface area contributed by atoms with Crippen LogP contribution in [0.2, 0.25) is 0 Å². The van der Waals surface area contributed by atoms with Crippen LogP contribution in [0.3, 0.4) is 0 Å². The Morgan fingerprint density at radius 3 is 2.83 bits per heavy atom. The molecular formula is C12H10FN3O2. The molecule has 0 atom stereocenters. The van der Waals surface area contributed by atoms with Crippen LogP contribution in [0, 0.1) is 5.82 Å². The molecule has 0 spiro atoms. The number of nitrogens with one attached hydrogen (secondary N) is 1. The highest BCUT2D eigenvalue weighted by molar-refractivity contribution is 5.94. The lowest BCUT2D eigenvalue weighted by atomic mass is 10.0. The predicted molar refractivity (Wildman–Crippen MR) is 62.9 cm³/mol. The molecule has 4 N–H and O–H groups in total. The van der Waals surface area contributed by atoms with Crippen molar-refractivity contribution in [1.82, 2.24) is 10.4 Å². The number of nitrogen functional groups attached to an aromatic ring is 1. The second-order valence-corrected chi connectivity index (χ2v) is 3.60. The summed E-state index contributed by atoms with van der Waals surface area (Å²) in [6.45, 7) is 0. The van der Waals surface area contributed by atoms with Crippen LogP contribution in [0.25, 0.3) is 11.1 Å². The number of amides is 1. The van der Waals surface area contributed by atoms with Gasteiger partial charge in [-0.15, -0.1) is 0 Å². The van der Waals surface area contributed by atoms with Crippen molar-refractivity contribution >= 4 is 5.91 Å². The number of hydrazine groups is 1. The van der Waals surface area contributed by atoms with Crippen molar-refractivity contribution in [2.24, 2.45) is 5.84 Å². The van der Waals surface area contributed by atoms with E-state index in [1.807, 2.05) is 5.43 Å². The van der Waals surface area contributed by atoms with E-state index in [0.717, 1.165) is 6.07 Å². The maximum Gasteiger partial charge on any atom is 0.266 e. The molecule has 6 heteroatoms. The molecule has 1 aromatic carbocycles. The lowest BCUT2D eigenvalue weighted by molar-refractivity contribution is 0.0953. The van der Waals surface area contributed by atoms with Gasteiger partial charge in [-0.05, 0) is 24.3 Å². The standard InChI is InChI=1S/C12H10FN3O2/c13-11-2-1-9(17)4-10(11)7-3-8(6-15-5-7)12(18)16-14/h1-6,17H,14H2,(H,16,18). The van der Waals surface area contributed by atoms with Gasteiger partial charge >= 0.3 is 0 Å². The number of aromatic hydroxyl groups is 1. The van der Waals surface area contributed by atoms with E-state index < -0.39 is 11.7 Å². The number of carbonyl (C=O) groups is 1. The average Bonchev–Trinajstić information content (AvgIpc) is 2.40. The first-order valence-electron chi connectivity index (χ1n) is 5.06. The maximum atomic E-state index is 13.6. The smallest absolute Gasteiger partial charge is 0.266 e. The quantitative estimate of drug-likeness (QED) is 0.422. The molecule has 0 unspecified atom stereocenters. The fraction of sp³-hybridized carbons (Fsp3) is 0. The lowest BCUT2D eigenvalue weighted by Crippen LogP contribution is -2.30. The highest BCUT2D eigenvalue weighted by atomic mass is 19.1. The summed E-state index contributed by atoms with van der Waals surface area (Å²) in [5, 5.41) is 9.34. The van der Waals surface area contributed by atoms with Crippen molar-refractivity contribution in [3.63, 3.8) is 0 Å². The number of phenols is 1. The molecule has 1 amide bonds. The summed E-state index contributed by atoms with van der Waals surface area (Å²) in [4.78, 5) is 15.2. The highest BCUT2D eigenvalue weighted by Crippen LogP contribution is 2.26. The first-order valence-corrected chi connectivity index (χ1v) is 5.06. The van der Waals surface area contributed by atoms with E-state index in [-0.39, 0.29) is 16.9 Å². The van der Waals surface area contributed by atoms with Crippen LogP contribution in [0.15, 0.2) is 36.7 Å². The largest absolute Gasteiger partial charge is 0.508 e. The van der Waals surface area contributed by atoms with Gasteiger partial charge in [0.1, 0.15) is 11.6 Å². The first kappa shape index (κ1) is 12.0. The Balaban J connectivity index is 2.51. The zero-order chi connectivity index (χ0) is 13.1. The molecule has 1 heterocycles. The number of rotatable bonds is 2. The number of hydrogen-bond donors (Lipinski definition) is 3. The second-order valence-electron chi connectivity index (χ2n) is 3.60. The Labute approximate surface area is 102 Å². The van der Waals surface area contributed by atoms with Gasteiger partial charge in [-0.2, -0.15) is 0 Å². The minimum absolute atomic E-state index is 0.0694. The molecule has 0 aliphatic rings. The molecule has 2 rings (SSSR count). The van der Waals surface area contributed by atoms with E-state index in [2.05, 4.69) is 4.98 Å². The van der Waals surface area contributed by atoms with Crippen LogP contribution in [0.4, 0.5) is 4.39 Å². The first-order chi connectivity index (χ1) is 8.61. The average molecular weight is 247 g/mol. The number of nitrogens with zero attached hydrogens (tertiary/aromatic N) is 1. The summed E-state index contributed by atoms with van der Waals surface area (Å²) < 4.78 is 13.6. The van der Waals surface area contributed by atoms with Crippen LogP contribution in [-0.4, -0.2) is 16.0 Å². The third-order valence-electron chi connectivity index (χ3n) is 2.39. The van der Waals surface area contributed by atoms with Gasteiger partial charge in [-0.1, -0.05) is 0 Å². The van der Waals surface area contributed by atoms with Crippen LogP contribution < -0.4 is 11.3 Å². The van der Waals surface area contributed by atoms with E-state index in [1.54, 1.807) is 0 Å². The molecule has 0 aliphatic carbocycles. The molecule has 0 radical (unpaired) electrons. The monoisotopic (exact) mass is 247 g/mol. The van der Waals surface area contributed by atoms with Gasteiger partial charge in [-0.25, -0.2) is 10.2 Å². The Morgan fingerprint density at radius 2 is 2.11 bits per heavy atom. The molecule has 2 aromatic rings. The van der Waals surface area contributed by atoms with Gasteiger partial charge in [-0.3, -0.25) is 15.2 Å². The molecule has 0 saturated carbocycles. The third-order valence-corrected chi connectivity index (χ3v) is 2.39. The molecule has 5 nitrogen and oxygen atoms in total. The number of aromatic nitrogens is 1. The van der Waals surface area contributed by atoms with Gasteiger partial charge < -0.3 is 5.11 Å². The van der Waals surface area contributed by atoms with Gasteiger partial charge in [0, 0.05) is 23.5 Å². The van der Waals surface area contributed by atoms with Crippen molar-refractivity contribution in [3.8, 4) is 16.9 Å². The third kappa shape index (κ3) is 2.28. The zero-order valence-corrected chi connectivity index (χ0v) is 9.22. The topological polar surface area (TPSA) is 88.2 Å². The van der Waals surface area contributed by atoms with Crippen molar-refractivity contribution in [3.05, 3.63) is 48.0 Å². The summed E-state index contributed by atoms with van der Waals surface area (Å²) in [5.74, 6) is 3.90. The molecule has 92 valence electrons. The number of pyridine rings is 1. The summed E-state index contributed by atoms with van der Waals surface area (Å²) in [6, 6.07) is 5.08. The minimum atomic E-state index is -0.523. The molecule has 1 aromatic heterocycles. The minimum Gasteiger partial charge on any atom is -0.508 e. The lowest BCUT2D eigenvalue weighted by Gasteiger charge is -2.05. The van der Waals surface area contributed by atoms with Gasteiger partial charge in [0.15, 0.2) is 0 Å². The number of hydrogen-bond acceptors (Lipinski definition) is 4. The van der Waals surface area contributed by atoms with E-state index >= 15 is 0 Å². The van der Waals surface area contributed by atoms with E-state index in [9.17, 15) is 14.3 Å². The van der Waals surface area contributed by atoms with Gasteiger partial charge in [0.05, 0.1) is 5.56 Å². The summed E-state index contributed by atoms with van der Waals surface area (Å²) in [7, 11) is 0. The number of phenolic OH excluding ortho intramolecular Hbond substituents is 1. The second kappa shape index (κ2) is 4.80. The normalized spacial score (nSPS) is 10.1. The summed E-state index contributed by atoms with van der Waals surface area (Å²) in [6.07, 6.45) is 2.71. The SMILES string of the molecule is NNC(=O)c1cncc(-c2cc(O)ccc2F)c1. The van der Waals surface area contributed by atoms with Gasteiger partial charge in [0.2, 0.25) is 0 Å². The number of halogens is 1. The van der Waals surface area contributed by atoms with Crippen LogP contribution in [0.1, 0.15) is 10.4 Å². The van der Waals surface area contributed by atoms with Crippen LogP contribution in [-0.2, 0) is 0 Å². The van der Waals surface area contributed by atoms with E-state index in [4.69, 9.17) is 5.84 Å². The maximum absolute atomic E-state index is 13.6. The fourth-order valence-electron chi connectivity index (χ4n) is 1.53. The van der Waals surface area contributed by atoms with Crippen LogP contribution >= 0.6 is 0 Å². The molecule has 0 saturated heterocycles. The molecular weight excluding hydrogens is 237 g/mol. The predicted octanol–water partition coefficient (Wildman–Crippen LogP) is 1.20. The Bertz CT molecular complexity index is 602. The van der Waals surface area contributed by atoms with Crippen molar-refractivity contribution < 1.29 is 14.3 Å². The zero-order valence-electron chi connectivity index (χ0n) is 9.22. The summed E-state index contributed by atoms with van der Waals surface area (Å²) in [5.41, 5.74) is 2.71. The van der Waals surface area contributed by atoms with E-state index in [1.165, 1.54) is 30.6 Å².